The number of rotatable bonds is 7. The molecule has 9 nitrogen and oxygen atoms in total. The molecular formula is C32H40F6N6O3. The fourth-order valence-corrected chi connectivity index (χ4v) is 6.85. The molecule has 1 aliphatic heterocycles. The second-order valence-corrected chi connectivity index (χ2v) is 12.3. The van der Waals surface area contributed by atoms with Crippen molar-refractivity contribution < 1.29 is 41.4 Å². The van der Waals surface area contributed by atoms with Gasteiger partial charge in [-0.15, -0.1) is 5.10 Å². The minimum Gasteiger partial charge on any atom is -0.481 e. The number of benzene rings is 2. The van der Waals surface area contributed by atoms with Crippen LogP contribution in [0.3, 0.4) is 0 Å². The SMILES string of the molecule is CO.Cc1cc(C)c2c(c1)[C@@H](N(Cc1cc(C(F)(F)F)cc(C(F)(F)F)c1)c1nnn(C)n1)CCCN2CC1CCC(C(=O)O)CC1. The summed E-state index contributed by atoms with van der Waals surface area (Å²) < 4.78 is 82.4. The summed E-state index contributed by atoms with van der Waals surface area (Å²) in [7, 11) is 2.54. The highest BCUT2D eigenvalue weighted by Crippen LogP contribution is 2.43. The van der Waals surface area contributed by atoms with Crippen LogP contribution in [0.5, 0.6) is 0 Å². The van der Waals surface area contributed by atoms with Gasteiger partial charge in [-0.3, -0.25) is 4.79 Å². The van der Waals surface area contributed by atoms with Gasteiger partial charge < -0.3 is 20.0 Å². The molecule has 47 heavy (non-hydrogen) atoms. The van der Waals surface area contributed by atoms with Gasteiger partial charge in [-0.1, -0.05) is 22.8 Å². The quantitative estimate of drug-likeness (QED) is 0.267. The van der Waals surface area contributed by atoms with Gasteiger partial charge in [0.25, 0.3) is 5.95 Å². The molecule has 0 unspecified atom stereocenters. The van der Waals surface area contributed by atoms with Crippen LogP contribution in [-0.4, -0.2) is 56.6 Å². The number of alkyl halides is 6. The Morgan fingerprint density at radius 1 is 0.936 bits per heavy atom. The average Bonchev–Trinajstić information content (AvgIpc) is 3.35. The Morgan fingerprint density at radius 2 is 1.55 bits per heavy atom. The van der Waals surface area contributed by atoms with E-state index in [-0.39, 0.29) is 30.0 Å². The lowest BCUT2D eigenvalue weighted by Gasteiger charge is -2.36. The van der Waals surface area contributed by atoms with Crippen LogP contribution in [0.4, 0.5) is 38.0 Å². The lowest BCUT2D eigenvalue weighted by molar-refractivity contribution is -0.144. The first-order chi connectivity index (χ1) is 22.1. The lowest BCUT2D eigenvalue weighted by Crippen LogP contribution is -2.34. The molecule has 5 rings (SSSR count). The number of carboxylic acid groups (broad SMARTS) is 1. The summed E-state index contributed by atoms with van der Waals surface area (Å²) in [6.45, 7) is 5.04. The molecule has 0 amide bonds. The Bertz CT molecular complexity index is 1500. The van der Waals surface area contributed by atoms with E-state index in [4.69, 9.17) is 5.11 Å². The van der Waals surface area contributed by atoms with Crippen LogP contribution in [0.2, 0.25) is 0 Å². The van der Waals surface area contributed by atoms with Crippen molar-refractivity contribution in [2.45, 2.75) is 77.3 Å². The number of carbonyl (C=O) groups is 1. The van der Waals surface area contributed by atoms with Gasteiger partial charge in [-0.2, -0.15) is 31.1 Å². The van der Waals surface area contributed by atoms with Gasteiger partial charge in [-0.25, -0.2) is 0 Å². The number of aromatic nitrogens is 4. The molecule has 1 aliphatic carbocycles. The molecule has 0 spiro atoms. The second kappa shape index (κ2) is 14.5. The molecule has 1 saturated carbocycles. The Kier molecular flexibility index (Phi) is 11.1. The maximum Gasteiger partial charge on any atom is 0.416 e. The monoisotopic (exact) mass is 670 g/mol. The number of aliphatic carboxylic acids is 1. The minimum absolute atomic E-state index is 0.0963. The highest BCUT2D eigenvalue weighted by Gasteiger charge is 2.38. The van der Waals surface area contributed by atoms with Crippen molar-refractivity contribution in [3.63, 3.8) is 0 Å². The van der Waals surface area contributed by atoms with E-state index in [9.17, 15) is 36.2 Å². The number of halogens is 6. The Morgan fingerprint density at radius 3 is 2.09 bits per heavy atom. The van der Waals surface area contributed by atoms with Crippen molar-refractivity contribution in [1.82, 2.24) is 20.2 Å². The van der Waals surface area contributed by atoms with Crippen LogP contribution in [-0.2, 0) is 30.7 Å². The molecule has 258 valence electrons. The third kappa shape index (κ3) is 8.54. The van der Waals surface area contributed by atoms with E-state index in [0.29, 0.717) is 38.1 Å². The van der Waals surface area contributed by atoms with Gasteiger partial charge in [0.1, 0.15) is 0 Å². The number of hydrogen-bond donors (Lipinski definition) is 2. The molecule has 2 aromatic carbocycles. The standard InChI is InChI=1S/C31H36F6N6O2.CH4O/c1-18-11-19(2)27-25(12-18)26(5-4-10-42(27)16-20-6-8-22(9-7-20)28(44)45)43(29-38-40-41(3)39-29)17-21-13-23(30(32,33)34)15-24(14-21)31(35,36)37;1-2/h11-15,20,22,26H,4-10,16-17H2,1-3H3,(H,44,45);2H,1H3/t20?,22?,26-;/m0./s1. The number of fused-ring (bicyclic) bond motifs is 1. The van der Waals surface area contributed by atoms with Gasteiger partial charge in [0, 0.05) is 32.4 Å². The number of hydrogen-bond acceptors (Lipinski definition) is 7. The number of tetrazole rings is 1. The maximum atomic E-state index is 13.7. The number of nitrogens with zero attached hydrogens (tertiary/aromatic N) is 6. The molecule has 1 atom stereocenters. The molecule has 15 heteroatoms. The van der Waals surface area contributed by atoms with Gasteiger partial charge in [0.15, 0.2) is 0 Å². The largest absolute Gasteiger partial charge is 0.481 e. The zero-order valence-corrected chi connectivity index (χ0v) is 26.7. The van der Waals surface area contributed by atoms with Crippen LogP contribution < -0.4 is 9.80 Å². The fraction of sp³-hybridized carbons (Fsp3) is 0.562. The molecule has 0 bridgehead atoms. The third-order valence-electron chi connectivity index (χ3n) is 8.86. The molecular weight excluding hydrogens is 630 g/mol. The van der Waals surface area contributed by atoms with Crippen molar-refractivity contribution in [3.05, 3.63) is 63.7 Å². The molecule has 0 saturated heterocycles. The number of aliphatic hydroxyl groups is 1. The van der Waals surface area contributed by atoms with Gasteiger partial charge >= 0.3 is 18.3 Å². The first-order valence-corrected chi connectivity index (χ1v) is 15.4. The van der Waals surface area contributed by atoms with E-state index in [1.54, 1.807) is 4.90 Å². The normalized spacial score (nSPS) is 20.1. The Balaban J connectivity index is 0.00000245. The Labute approximate surface area is 269 Å². The zero-order chi connectivity index (χ0) is 34.7. The van der Waals surface area contributed by atoms with Crippen LogP contribution >= 0.6 is 0 Å². The summed E-state index contributed by atoms with van der Waals surface area (Å²) in [5.74, 6) is -0.690. The summed E-state index contributed by atoms with van der Waals surface area (Å²) in [6.07, 6.45) is -5.87. The van der Waals surface area contributed by atoms with Gasteiger partial charge in [0.05, 0.1) is 30.1 Å². The first-order valence-electron chi connectivity index (χ1n) is 15.4. The van der Waals surface area contributed by atoms with Crippen LogP contribution in [0, 0.1) is 25.7 Å². The summed E-state index contributed by atoms with van der Waals surface area (Å²) >= 11 is 0. The Hall–Kier alpha value is -3.88. The predicted molar refractivity (Wildman–Crippen MR) is 163 cm³/mol. The minimum atomic E-state index is -4.97. The summed E-state index contributed by atoms with van der Waals surface area (Å²) in [6, 6.07) is 5.23. The number of anilines is 2. The van der Waals surface area contributed by atoms with Crippen LogP contribution in [0.15, 0.2) is 30.3 Å². The first kappa shape index (κ1) is 36.0. The molecule has 2 N–H and O–H groups in total. The van der Waals surface area contributed by atoms with E-state index < -0.39 is 35.5 Å². The van der Waals surface area contributed by atoms with Gasteiger partial charge in [0.2, 0.25) is 0 Å². The average molecular weight is 671 g/mol. The third-order valence-corrected chi connectivity index (χ3v) is 8.86. The topological polar surface area (TPSA) is 108 Å². The van der Waals surface area contributed by atoms with Gasteiger partial charge in [-0.05, 0) is 98.4 Å². The zero-order valence-electron chi connectivity index (χ0n) is 26.7. The van der Waals surface area contributed by atoms with E-state index in [0.717, 1.165) is 61.0 Å². The number of carboxylic acids is 1. The predicted octanol–water partition coefficient (Wildman–Crippen LogP) is 6.71. The molecule has 1 aromatic heterocycles. The fourth-order valence-electron chi connectivity index (χ4n) is 6.85. The maximum absolute atomic E-state index is 13.7. The van der Waals surface area contributed by atoms with E-state index in [2.05, 4.69) is 26.4 Å². The van der Waals surface area contributed by atoms with E-state index in [1.807, 2.05) is 19.9 Å². The number of aliphatic hydroxyl groups excluding tert-OH is 1. The lowest BCUT2D eigenvalue weighted by atomic mass is 9.81. The number of aryl methyl sites for hydroxylation is 3. The summed E-state index contributed by atoms with van der Waals surface area (Å²) in [5.41, 5.74) is 0.892. The van der Waals surface area contributed by atoms with Crippen LogP contribution in [0.25, 0.3) is 0 Å². The van der Waals surface area contributed by atoms with Crippen LogP contribution in [0.1, 0.15) is 77.9 Å². The summed E-state index contributed by atoms with van der Waals surface area (Å²) in [4.78, 5) is 16.6. The molecule has 2 aliphatic rings. The van der Waals surface area contributed by atoms with Crippen molar-refractivity contribution in [3.8, 4) is 0 Å². The van der Waals surface area contributed by atoms with Crippen molar-refractivity contribution in [1.29, 1.82) is 0 Å². The molecule has 2 heterocycles. The van der Waals surface area contributed by atoms with Crippen molar-refractivity contribution >= 4 is 17.6 Å². The molecule has 3 aromatic rings. The van der Waals surface area contributed by atoms with Crippen molar-refractivity contribution in [2.24, 2.45) is 18.9 Å². The second-order valence-electron chi connectivity index (χ2n) is 12.3. The van der Waals surface area contributed by atoms with Crippen molar-refractivity contribution in [2.75, 3.05) is 30.0 Å². The van der Waals surface area contributed by atoms with E-state index in [1.165, 1.54) is 11.8 Å². The summed E-state index contributed by atoms with van der Waals surface area (Å²) in [5, 5.41) is 28.8. The highest BCUT2D eigenvalue weighted by atomic mass is 19.4. The smallest absolute Gasteiger partial charge is 0.416 e. The molecule has 1 fully saturated rings. The highest BCUT2D eigenvalue weighted by molar-refractivity contribution is 5.70. The molecule has 0 radical (unpaired) electrons. The van der Waals surface area contributed by atoms with E-state index >= 15 is 0 Å².